The predicted molar refractivity (Wildman–Crippen MR) is 83.3 cm³/mol. The fourth-order valence-corrected chi connectivity index (χ4v) is 2.58. The van der Waals surface area contributed by atoms with Crippen molar-refractivity contribution in [3.63, 3.8) is 0 Å². The molecule has 0 saturated carbocycles. The fourth-order valence-electron chi connectivity index (χ4n) is 2.39. The van der Waals surface area contributed by atoms with Gasteiger partial charge in [0, 0.05) is 5.02 Å². The zero-order valence-electron chi connectivity index (χ0n) is 12.3. The summed E-state index contributed by atoms with van der Waals surface area (Å²) in [4.78, 5) is 0. The predicted octanol–water partition coefficient (Wildman–Crippen LogP) is 4.31. The summed E-state index contributed by atoms with van der Waals surface area (Å²) in [5.74, 6) is 1.59. The van der Waals surface area contributed by atoms with Crippen LogP contribution >= 0.6 is 11.6 Å². The molecule has 1 N–H and O–H groups in total. The van der Waals surface area contributed by atoms with E-state index >= 15 is 0 Å². The van der Waals surface area contributed by atoms with Gasteiger partial charge in [-0.25, -0.2) is 0 Å². The second kappa shape index (κ2) is 9.22. The molecule has 3 heteroatoms. The lowest BCUT2D eigenvalue weighted by Gasteiger charge is -2.18. The molecule has 19 heavy (non-hydrogen) atoms. The molecule has 0 spiro atoms. The SMILES string of the molecule is CCCNCC(CCC)Cc1cc(Cl)ccc1OC. The van der Waals surface area contributed by atoms with Crippen LogP contribution in [0.4, 0.5) is 0 Å². The van der Waals surface area contributed by atoms with Crippen LogP contribution in [-0.4, -0.2) is 20.2 Å². The van der Waals surface area contributed by atoms with Crippen LogP contribution in [0.25, 0.3) is 0 Å². The molecule has 1 unspecified atom stereocenters. The van der Waals surface area contributed by atoms with Gasteiger partial charge in [0.1, 0.15) is 5.75 Å². The van der Waals surface area contributed by atoms with Crippen LogP contribution < -0.4 is 10.1 Å². The number of ether oxygens (including phenoxy) is 1. The average Bonchev–Trinajstić information content (AvgIpc) is 2.39. The number of benzene rings is 1. The second-order valence-corrected chi connectivity index (χ2v) is 5.46. The quantitative estimate of drug-likeness (QED) is 0.682. The molecule has 1 rings (SSSR count). The summed E-state index contributed by atoms with van der Waals surface area (Å²) < 4.78 is 5.43. The summed E-state index contributed by atoms with van der Waals surface area (Å²) in [6, 6.07) is 5.87. The van der Waals surface area contributed by atoms with Crippen LogP contribution in [-0.2, 0) is 6.42 Å². The summed E-state index contributed by atoms with van der Waals surface area (Å²) in [6.45, 7) is 6.59. The molecule has 0 radical (unpaired) electrons. The Morgan fingerprint density at radius 2 is 2.05 bits per heavy atom. The Hall–Kier alpha value is -0.730. The van der Waals surface area contributed by atoms with Crippen molar-refractivity contribution in [3.05, 3.63) is 28.8 Å². The molecule has 1 atom stereocenters. The van der Waals surface area contributed by atoms with E-state index in [2.05, 4.69) is 19.2 Å². The third-order valence-electron chi connectivity index (χ3n) is 3.31. The van der Waals surface area contributed by atoms with Gasteiger partial charge in [0.2, 0.25) is 0 Å². The Balaban J connectivity index is 2.68. The molecular weight excluding hydrogens is 258 g/mol. The van der Waals surface area contributed by atoms with Gasteiger partial charge in [-0.3, -0.25) is 0 Å². The molecule has 0 amide bonds. The zero-order chi connectivity index (χ0) is 14.1. The summed E-state index contributed by atoms with van der Waals surface area (Å²) in [5.41, 5.74) is 1.21. The molecule has 0 aliphatic rings. The van der Waals surface area contributed by atoms with E-state index in [1.807, 2.05) is 18.2 Å². The molecule has 0 aromatic heterocycles. The topological polar surface area (TPSA) is 21.3 Å². The normalized spacial score (nSPS) is 12.4. The monoisotopic (exact) mass is 283 g/mol. The van der Waals surface area contributed by atoms with Crippen LogP contribution in [0.15, 0.2) is 18.2 Å². The van der Waals surface area contributed by atoms with E-state index in [4.69, 9.17) is 16.3 Å². The van der Waals surface area contributed by atoms with Crippen LogP contribution in [0.2, 0.25) is 5.02 Å². The first kappa shape index (κ1) is 16.3. The zero-order valence-corrected chi connectivity index (χ0v) is 13.1. The minimum atomic E-state index is 0.643. The van der Waals surface area contributed by atoms with Gasteiger partial charge in [-0.05, 0) is 62.0 Å². The van der Waals surface area contributed by atoms with Gasteiger partial charge in [0.05, 0.1) is 7.11 Å². The maximum absolute atomic E-state index is 6.09. The average molecular weight is 284 g/mol. The summed E-state index contributed by atoms with van der Waals surface area (Å²) in [6.07, 6.45) is 4.64. The Kier molecular flexibility index (Phi) is 7.92. The lowest BCUT2D eigenvalue weighted by Crippen LogP contribution is -2.25. The van der Waals surface area contributed by atoms with Crippen molar-refractivity contribution >= 4 is 11.6 Å². The van der Waals surface area contributed by atoms with Crippen LogP contribution in [0.5, 0.6) is 5.75 Å². The lowest BCUT2D eigenvalue weighted by atomic mass is 9.94. The van der Waals surface area contributed by atoms with E-state index in [1.54, 1.807) is 7.11 Å². The van der Waals surface area contributed by atoms with Crippen LogP contribution in [0.1, 0.15) is 38.7 Å². The molecule has 0 aliphatic carbocycles. The Morgan fingerprint density at radius 3 is 2.68 bits per heavy atom. The third-order valence-corrected chi connectivity index (χ3v) is 3.54. The van der Waals surface area contributed by atoms with Gasteiger partial charge < -0.3 is 10.1 Å². The number of hydrogen-bond donors (Lipinski definition) is 1. The first-order valence-corrected chi connectivity index (χ1v) is 7.62. The minimum Gasteiger partial charge on any atom is -0.496 e. The van der Waals surface area contributed by atoms with Crippen molar-refractivity contribution < 1.29 is 4.74 Å². The Labute approximate surface area is 122 Å². The van der Waals surface area contributed by atoms with Gasteiger partial charge in [0.15, 0.2) is 0 Å². The molecule has 108 valence electrons. The first-order valence-electron chi connectivity index (χ1n) is 7.24. The Morgan fingerprint density at radius 1 is 1.26 bits per heavy atom. The van der Waals surface area contributed by atoms with Crippen molar-refractivity contribution in [1.29, 1.82) is 0 Å². The molecule has 0 aliphatic heterocycles. The molecule has 0 heterocycles. The first-order chi connectivity index (χ1) is 9.21. The van der Waals surface area contributed by atoms with Crippen LogP contribution in [0.3, 0.4) is 0 Å². The lowest BCUT2D eigenvalue weighted by molar-refractivity contribution is 0.394. The van der Waals surface area contributed by atoms with E-state index in [0.29, 0.717) is 5.92 Å². The molecule has 0 saturated heterocycles. The smallest absolute Gasteiger partial charge is 0.122 e. The maximum atomic E-state index is 6.09. The Bertz CT molecular complexity index is 368. The molecule has 0 fully saturated rings. The molecular formula is C16H26ClNO. The fraction of sp³-hybridized carbons (Fsp3) is 0.625. The number of hydrogen-bond acceptors (Lipinski definition) is 2. The van der Waals surface area contributed by atoms with E-state index in [9.17, 15) is 0 Å². The maximum Gasteiger partial charge on any atom is 0.122 e. The highest BCUT2D eigenvalue weighted by Gasteiger charge is 2.12. The molecule has 1 aromatic carbocycles. The highest BCUT2D eigenvalue weighted by molar-refractivity contribution is 6.30. The highest BCUT2D eigenvalue weighted by Crippen LogP contribution is 2.26. The number of nitrogens with one attached hydrogen (secondary N) is 1. The van der Waals surface area contributed by atoms with Crippen molar-refractivity contribution in [3.8, 4) is 5.75 Å². The van der Waals surface area contributed by atoms with Crippen molar-refractivity contribution in [1.82, 2.24) is 5.32 Å². The van der Waals surface area contributed by atoms with Gasteiger partial charge in [0.25, 0.3) is 0 Å². The van der Waals surface area contributed by atoms with Gasteiger partial charge >= 0.3 is 0 Å². The largest absolute Gasteiger partial charge is 0.496 e. The third kappa shape index (κ3) is 5.84. The van der Waals surface area contributed by atoms with Crippen molar-refractivity contribution in [2.24, 2.45) is 5.92 Å². The van der Waals surface area contributed by atoms with Gasteiger partial charge in [-0.2, -0.15) is 0 Å². The van der Waals surface area contributed by atoms with Gasteiger partial charge in [-0.15, -0.1) is 0 Å². The van der Waals surface area contributed by atoms with Crippen LogP contribution in [0, 0.1) is 5.92 Å². The highest BCUT2D eigenvalue weighted by atomic mass is 35.5. The standard InChI is InChI=1S/C16H26ClNO/c1-4-6-13(12-18-9-5-2)10-14-11-15(17)7-8-16(14)19-3/h7-8,11,13,18H,4-6,9-10,12H2,1-3H3. The van der Waals surface area contributed by atoms with E-state index in [-0.39, 0.29) is 0 Å². The summed E-state index contributed by atoms with van der Waals surface area (Å²) in [5, 5.41) is 4.30. The van der Waals surface area contributed by atoms with Crippen molar-refractivity contribution in [2.75, 3.05) is 20.2 Å². The number of halogens is 1. The summed E-state index contributed by atoms with van der Waals surface area (Å²) >= 11 is 6.09. The second-order valence-electron chi connectivity index (χ2n) is 5.02. The van der Waals surface area contributed by atoms with E-state index < -0.39 is 0 Å². The minimum absolute atomic E-state index is 0.643. The number of rotatable bonds is 9. The van der Waals surface area contributed by atoms with E-state index in [0.717, 1.165) is 30.3 Å². The molecule has 0 bridgehead atoms. The van der Waals surface area contributed by atoms with Crippen molar-refractivity contribution in [2.45, 2.75) is 39.5 Å². The summed E-state index contributed by atoms with van der Waals surface area (Å²) in [7, 11) is 1.72. The molecule has 1 aromatic rings. The van der Waals surface area contributed by atoms with E-state index in [1.165, 1.54) is 24.8 Å². The number of methoxy groups -OCH3 is 1. The molecule has 2 nitrogen and oxygen atoms in total. The van der Waals surface area contributed by atoms with Gasteiger partial charge in [-0.1, -0.05) is 31.9 Å².